The summed E-state index contributed by atoms with van der Waals surface area (Å²) in [5, 5.41) is 3.76. The van der Waals surface area contributed by atoms with Crippen LogP contribution in [0.15, 0.2) is 59.1 Å². The maximum absolute atomic E-state index is 12.4. The van der Waals surface area contributed by atoms with Crippen LogP contribution >= 0.6 is 11.6 Å². The van der Waals surface area contributed by atoms with Gasteiger partial charge in [-0.05, 0) is 30.3 Å². The molecule has 0 spiro atoms. The van der Waals surface area contributed by atoms with Crippen molar-refractivity contribution in [2.24, 2.45) is 0 Å². The number of nitrogens with one attached hydrogen (secondary N) is 1. The van der Waals surface area contributed by atoms with E-state index in [0.29, 0.717) is 36.1 Å². The quantitative estimate of drug-likeness (QED) is 0.702. The van der Waals surface area contributed by atoms with Crippen molar-refractivity contribution in [3.05, 3.63) is 71.2 Å². The van der Waals surface area contributed by atoms with Crippen molar-refractivity contribution in [1.29, 1.82) is 0 Å². The number of para-hydroxylation sites is 1. The van der Waals surface area contributed by atoms with Crippen molar-refractivity contribution in [3.8, 4) is 17.1 Å². The van der Waals surface area contributed by atoms with E-state index in [4.69, 9.17) is 20.8 Å². The van der Waals surface area contributed by atoms with E-state index < -0.39 is 0 Å². The predicted molar refractivity (Wildman–Crippen MR) is 103 cm³/mol. The van der Waals surface area contributed by atoms with Crippen LogP contribution in [-0.2, 0) is 11.2 Å². The molecule has 6 heteroatoms. The average molecular weight is 383 g/mol. The Kier molecular flexibility index (Phi) is 5.12. The molecule has 1 unspecified atom stereocenters. The molecule has 1 aliphatic rings. The smallest absolute Gasteiger partial charge is 0.220 e. The number of halogens is 1. The Hall–Kier alpha value is -2.79. The second kappa shape index (κ2) is 7.84. The number of benzene rings is 2. The molecule has 0 fully saturated rings. The van der Waals surface area contributed by atoms with Crippen molar-refractivity contribution in [3.63, 3.8) is 0 Å². The molecule has 138 valence electrons. The van der Waals surface area contributed by atoms with E-state index in [9.17, 15) is 4.79 Å². The van der Waals surface area contributed by atoms with E-state index in [1.54, 1.807) is 18.3 Å². The van der Waals surface area contributed by atoms with Gasteiger partial charge in [0, 0.05) is 35.4 Å². The van der Waals surface area contributed by atoms with Crippen LogP contribution in [-0.4, -0.2) is 17.5 Å². The summed E-state index contributed by atoms with van der Waals surface area (Å²) in [6.45, 7) is 0.603. The molecule has 1 aromatic heterocycles. The third-order valence-electron chi connectivity index (χ3n) is 4.54. The number of oxazole rings is 1. The van der Waals surface area contributed by atoms with E-state index in [1.807, 2.05) is 36.4 Å². The lowest BCUT2D eigenvalue weighted by molar-refractivity contribution is -0.122. The van der Waals surface area contributed by atoms with E-state index in [1.165, 1.54) is 0 Å². The second-order valence-electron chi connectivity index (χ2n) is 6.42. The summed E-state index contributed by atoms with van der Waals surface area (Å²) in [7, 11) is 0. The number of nitrogens with zero attached hydrogens (tertiary/aromatic N) is 1. The van der Waals surface area contributed by atoms with Gasteiger partial charge in [-0.25, -0.2) is 4.98 Å². The Balaban J connectivity index is 1.34. The molecule has 2 aromatic carbocycles. The summed E-state index contributed by atoms with van der Waals surface area (Å²) >= 11 is 5.90. The number of hydrogen-bond donors (Lipinski definition) is 1. The van der Waals surface area contributed by atoms with Gasteiger partial charge in [0.2, 0.25) is 5.91 Å². The number of rotatable bonds is 5. The Labute approximate surface area is 162 Å². The van der Waals surface area contributed by atoms with Crippen molar-refractivity contribution in [1.82, 2.24) is 10.3 Å². The Morgan fingerprint density at radius 2 is 2.00 bits per heavy atom. The molecule has 0 radical (unpaired) electrons. The third kappa shape index (κ3) is 4.14. The first-order valence-corrected chi connectivity index (χ1v) is 9.28. The number of aromatic nitrogens is 1. The minimum Gasteiger partial charge on any atom is -0.493 e. The lowest BCUT2D eigenvalue weighted by Gasteiger charge is -2.26. The van der Waals surface area contributed by atoms with Crippen LogP contribution in [0.5, 0.6) is 5.75 Å². The number of hydrogen-bond acceptors (Lipinski definition) is 4. The number of carbonyl (C=O) groups is 1. The zero-order valence-electron chi connectivity index (χ0n) is 14.7. The molecule has 0 aliphatic carbocycles. The Morgan fingerprint density at radius 3 is 2.85 bits per heavy atom. The molecular formula is C21H19ClN2O3. The van der Waals surface area contributed by atoms with Gasteiger partial charge < -0.3 is 14.5 Å². The van der Waals surface area contributed by atoms with E-state index in [2.05, 4.69) is 10.3 Å². The van der Waals surface area contributed by atoms with Crippen LogP contribution < -0.4 is 10.1 Å². The van der Waals surface area contributed by atoms with E-state index in [-0.39, 0.29) is 11.9 Å². The molecule has 5 nitrogen and oxygen atoms in total. The molecular weight excluding hydrogens is 364 g/mol. The molecule has 2 heterocycles. The van der Waals surface area contributed by atoms with Crippen LogP contribution in [0.25, 0.3) is 11.3 Å². The first kappa shape index (κ1) is 17.6. The van der Waals surface area contributed by atoms with Crippen LogP contribution in [0.1, 0.15) is 30.3 Å². The molecule has 4 rings (SSSR count). The maximum Gasteiger partial charge on any atom is 0.220 e. The van der Waals surface area contributed by atoms with Crippen LogP contribution in [0.2, 0.25) is 5.02 Å². The molecule has 0 bridgehead atoms. The number of ether oxygens (including phenoxy) is 1. The molecule has 0 saturated heterocycles. The normalized spacial score (nSPS) is 15.7. The first-order chi connectivity index (χ1) is 13.2. The number of aryl methyl sites for hydroxylation is 1. The standard InChI is InChI=1S/C21H19ClN2O3/c22-15-7-5-14(6-8-15)19-13-23-21(27-19)10-9-20(25)24-17-11-12-26-18-4-2-1-3-16(17)18/h1-8,13,17H,9-12H2,(H,24,25). The number of amides is 1. The fourth-order valence-electron chi connectivity index (χ4n) is 3.15. The lowest BCUT2D eigenvalue weighted by Crippen LogP contribution is -2.32. The minimum atomic E-state index is -0.0251. The van der Waals surface area contributed by atoms with Crippen LogP contribution in [0.3, 0.4) is 0 Å². The highest BCUT2D eigenvalue weighted by Gasteiger charge is 2.22. The molecule has 1 atom stereocenters. The SMILES string of the molecule is O=C(CCc1ncc(-c2ccc(Cl)cc2)o1)NC1CCOc2ccccc21. The van der Waals surface area contributed by atoms with Crippen LogP contribution in [0, 0.1) is 0 Å². The average Bonchev–Trinajstić information content (AvgIpc) is 3.16. The maximum atomic E-state index is 12.4. The lowest BCUT2D eigenvalue weighted by atomic mass is 10.0. The third-order valence-corrected chi connectivity index (χ3v) is 4.79. The van der Waals surface area contributed by atoms with Crippen LogP contribution in [0.4, 0.5) is 0 Å². The van der Waals surface area contributed by atoms with E-state index in [0.717, 1.165) is 23.3 Å². The van der Waals surface area contributed by atoms with Crippen molar-refractivity contribution in [2.75, 3.05) is 6.61 Å². The summed E-state index contributed by atoms with van der Waals surface area (Å²) in [4.78, 5) is 16.6. The fraction of sp³-hybridized carbons (Fsp3) is 0.238. The molecule has 0 saturated carbocycles. The monoisotopic (exact) mass is 382 g/mol. The van der Waals surface area contributed by atoms with Gasteiger partial charge >= 0.3 is 0 Å². The Morgan fingerprint density at radius 1 is 1.19 bits per heavy atom. The number of carbonyl (C=O) groups excluding carboxylic acids is 1. The fourth-order valence-corrected chi connectivity index (χ4v) is 3.28. The molecule has 1 N–H and O–H groups in total. The van der Waals surface area contributed by atoms with Gasteiger partial charge in [-0.3, -0.25) is 4.79 Å². The summed E-state index contributed by atoms with van der Waals surface area (Å²) in [5.41, 5.74) is 1.93. The highest BCUT2D eigenvalue weighted by atomic mass is 35.5. The van der Waals surface area contributed by atoms with Gasteiger partial charge in [-0.15, -0.1) is 0 Å². The highest BCUT2D eigenvalue weighted by molar-refractivity contribution is 6.30. The largest absolute Gasteiger partial charge is 0.493 e. The van der Waals surface area contributed by atoms with Gasteiger partial charge in [0.1, 0.15) is 5.75 Å². The van der Waals surface area contributed by atoms with Crippen molar-refractivity contribution in [2.45, 2.75) is 25.3 Å². The predicted octanol–water partition coefficient (Wildman–Crippen LogP) is 4.57. The van der Waals surface area contributed by atoms with Gasteiger partial charge in [0.05, 0.1) is 18.8 Å². The topological polar surface area (TPSA) is 64.4 Å². The summed E-state index contributed by atoms with van der Waals surface area (Å²) in [6, 6.07) is 15.2. The van der Waals surface area contributed by atoms with E-state index >= 15 is 0 Å². The van der Waals surface area contributed by atoms with Gasteiger partial charge in [-0.1, -0.05) is 29.8 Å². The molecule has 3 aromatic rings. The summed E-state index contributed by atoms with van der Waals surface area (Å²) in [5.74, 6) is 2.03. The van der Waals surface area contributed by atoms with Crippen molar-refractivity contribution < 1.29 is 13.9 Å². The van der Waals surface area contributed by atoms with Crippen molar-refractivity contribution >= 4 is 17.5 Å². The van der Waals surface area contributed by atoms with Gasteiger partial charge in [0.25, 0.3) is 0 Å². The Bertz CT molecular complexity index is 937. The van der Waals surface area contributed by atoms with Gasteiger partial charge in [0.15, 0.2) is 11.7 Å². The number of fused-ring (bicyclic) bond motifs is 1. The molecule has 1 amide bonds. The van der Waals surface area contributed by atoms with Gasteiger partial charge in [-0.2, -0.15) is 0 Å². The zero-order chi connectivity index (χ0) is 18.6. The molecule has 1 aliphatic heterocycles. The molecule has 27 heavy (non-hydrogen) atoms. The summed E-state index contributed by atoms with van der Waals surface area (Å²) < 4.78 is 11.4. The minimum absolute atomic E-state index is 0.0170. The first-order valence-electron chi connectivity index (χ1n) is 8.91. The summed E-state index contributed by atoms with van der Waals surface area (Å²) in [6.07, 6.45) is 3.21. The second-order valence-corrected chi connectivity index (χ2v) is 6.86. The zero-order valence-corrected chi connectivity index (χ0v) is 15.4. The highest BCUT2D eigenvalue weighted by Crippen LogP contribution is 2.31.